The second kappa shape index (κ2) is 3.27. The summed E-state index contributed by atoms with van der Waals surface area (Å²) in [4.78, 5) is 12.5. The van der Waals surface area contributed by atoms with Gasteiger partial charge in [0.25, 0.3) is 5.91 Å². The molecule has 1 aromatic carbocycles. The van der Waals surface area contributed by atoms with Crippen molar-refractivity contribution >= 4 is 15.9 Å². The third-order valence-electron chi connectivity index (χ3n) is 2.54. The van der Waals surface area contributed by atoms with Gasteiger partial charge in [-0.2, -0.15) is 0 Å². The first kappa shape index (κ1) is 11.1. The van der Waals surface area contributed by atoms with E-state index in [2.05, 4.69) is 0 Å². The number of benzene rings is 1. The van der Waals surface area contributed by atoms with Crippen LogP contribution in [0.4, 0.5) is 0 Å². The minimum atomic E-state index is -3.97. The minimum absolute atomic E-state index is 0.0417. The lowest BCUT2D eigenvalue weighted by Crippen LogP contribution is -2.23. The zero-order valence-electron chi connectivity index (χ0n) is 8.41. The number of hydrogen-bond acceptors (Lipinski definition) is 4. The average Bonchev–Trinajstić information content (AvgIpc) is 2.43. The van der Waals surface area contributed by atoms with Gasteiger partial charge in [0.2, 0.25) is 10.0 Å². The molecule has 0 radical (unpaired) electrons. The molecule has 0 saturated heterocycles. The Balaban J connectivity index is 2.78. The van der Waals surface area contributed by atoms with Gasteiger partial charge >= 0.3 is 0 Å². The molecule has 1 heterocycles. The highest BCUT2D eigenvalue weighted by Crippen LogP contribution is 2.33. The molecule has 86 valence electrons. The van der Waals surface area contributed by atoms with Gasteiger partial charge < -0.3 is 10.0 Å². The molecule has 0 bridgehead atoms. The van der Waals surface area contributed by atoms with Crippen LogP contribution in [0.5, 0.6) is 0 Å². The number of primary sulfonamides is 1. The summed E-state index contributed by atoms with van der Waals surface area (Å²) in [6.07, 6.45) is -1.12. The lowest BCUT2D eigenvalue weighted by Gasteiger charge is -2.13. The molecule has 0 aromatic heterocycles. The molecule has 6 nitrogen and oxygen atoms in total. The van der Waals surface area contributed by atoms with Crippen LogP contribution in [0.3, 0.4) is 0 Å². The standard InChI is InChI=1S/C9H10N2O4S/c1-11-8(12)5-3-2-4-6(16(10,14)15)7(5)9(11)13/h2-4,8,12H,1H3,(H2,10,14,15). The summed E-state index contributed by atoms with van der Waals surface area (Å²) in [5.41, 5.74) is 0.221. The van der Waals surface area contributed by atoms with Gasteiger partial charge in [-0.3, -0.25) is 4.79 Å². The molecule has 0 spiro atoms. The number of carbonyl (C=O) groups is 1. The maximum Gasteiger partial charge on any atom is 0.257 e. The van der Waals surface area contributed by atoms with E-state index in [1.807, 2.05) is 0 Å². The summed E-state index contributed by atoms with van der Waals surface area (Å²) in [6.45, 7) is 0. The van der Waals surface area contributed by atoms with Gasteiger partial charge in [-0.15, -0.1) is 0 Å². The summed E-state index contributed by atoms with van der Waals surface area (Å²) >= 11 is 0. The zero-order valence-corrected chi connectivity index (χ0v) is 9.23. The number of nitrogens with two attached hydrogens (primary N) is 1. The topological polar surface area (TPSA) is 101 Å². The molecular formula is C9H10N2O4S. The second-order valence-corrected chi connectivity index (χ2v) is 5.08. The van der Waals surface area contributed by atoms with E-state index in [-0.39, 0.29) is 16.0 Å². The van der Waals surface area contributed by atoms with Crippen molar-refractivity contribution in [2.24, 2.45) is 5.14 Å². The van der Waals surface area contributed by atoms with Crippen molar-refractivity contribution < 1.29 is 18.3 Å². The average molecular weight is 242 g/mol. The van der Waals surface area contributed by atoms with Gasteiger partial charge in [0.1, 0.15) is 0 Å². The molecule has 1 aliphatic rings. The van der Waals surface area contributed by atoms with E-state index in [9.17, 15) is 18.3 Å². The van der Waals surface area contributed by atoms with Gasteiger partial charge in [0.05, 0.1) is 10.5 Å². The van der Waals surface area contributed by atoms with Crippen molar-refractivity contribution in [1.82, 2.24) is 4.90 Å². The fourth-order valence-corrected chi connectivity index (χ4v) is 2.48. The molecule has 0 saturated carbocycles. The number of nitrogens with zero attached hydrogens (tertiary/aromatic N) is 1. The van der Waals surface area contributed by atoms with Crippen molar-refractivity contribution in [2.45, 2.75) is 11.1 Å². The van der Waals surface area contributed by atoms with Crippen molar-refractivity contribution in [3.8, 4) is 0 Å². The number of hydrogen-bond donors (Lipinski definition) is 2. The van der Waals surface area contributed by atoms with Crippen molar-refractivity contribution in [2.75, 3.05) is 7.05 Å². The molecule has 3 N–H and O–H groups in total. The third-order valence-corrected chi connectivity index (χ3v) is 3.50. The molecule has 1 amide bonds. The smallest absolute Gasteiger partial charge is 0.257 e. The number of aliphatic hydroxyl groups is 1. The lowest BCUT2D eigenvalue weighted by molar-refractivity contribution is 0.0301. The first-order valence-corrected chi connectivity index (χ1v) is 5.99. The van der Waals surface area contributed by atoms with Crippen LogP contribution in [0, 0.1) is 0 Å². The Bertz CT molecular complexity index is 567. The number of carbonyl (C=O) groups excluding carboxylic acids is 1. The molecule has 1 atom stereocenters. The minimum Gasteiger partial charge on any atom is -0.369 e. The first-order valence-electron chi connectivity index (χ1n) is 4.45. The van der Waals surface area contributed by atoms with Gasteiger partial charge in [0, 0.05) is 12.6 Å². The van der Waals surface area contributed by atoms with E-state index >= 15 is 0 Å². The summed E-state index contributed by atoms with van der Waals surface area (Å²) < 4.78 is 22.6. The van der Waals surface area contributed by atoms with Crippen LogP contribution in [0.15, 0.2) is 23.1 Å². The molecule has 1 aromatic rings. The predicted octanol–water partition coefficient (Wildman–Crippen LogP) is -0.589. The lowest BCUT2D eigenvalue weighted by atomic mass is 10.1. The van der Waals surface area contributed by atoms with Crippen LogP contribution >= 0.6 is 0 Å². The van der Waals surface area contributed by atoms with E-state index in [1.54, 1.807) is 0 Å². The van der Waals surface area contributed by atoms with Crippen LogP contribution in [-0.4, -0.2) is 31.4 Å². The number of amides is 1. The van der Waals surface area contributed by atoms with E-state index in [1.165, 1.54) is 25.2 Å². The molecule has 0 fully saturated rings. The number of aliphatic hydroxyl groups excluding tert-OH is 1. The Hall–Kier alpha value is -1.44. The van der Waals surface area contributed by atoms with E-state index in [0.29, 0.717) is 0 Å². The molecule has 1 unspecified atom stereocenters. The molecule has 2 rings (SSSR count). The Morgan fingerprint density at radius 3 is 2.62 bits per heavy atom. The van der Waals surface area contributed by atoms with Crippen LogP contribution in [-0.2, 0) is 10.0 Å². The van der Waals surface area contributed by atoms with E-state index < -0.39 is 22.2 Å². The number of rotatable bonds is 1. The summed E-state index contributed by atoms with van der Waals surface area (Å²) in [5.74, 6) is -0.549. The maximum atomic E-state index is 11.7. The first-order chi connectivity index (χ1) is 7.34. The fourth-order valence-electron chi connectivity index (χ4n) is 1.73. The van der Waals surface area contributed by atoms with Crippen molar-refractivity contribution in [3.63, 3.8) is 0 Å². The van der Waals surface area contributed by atoms with E-state index in [0.717, 1.165) is 4.90 Å². The second-order valence-electron chi connectivity index (χ2n) is 3.56. The largest absolute Gasteiger partial charge is 0.369 e. The zero-order chi connectivity index (χ0) is 12.1. The number of sulfonamides is 1. The number of fused-ring (bicyclic) bond motifs is 1. The Morgan fingerprint density at radius 2 is 2.06 bits per heavy atom. The van der Waals surface area contributed by atoms with Gasteiger partial charge in [-0.1, -0.05) is 12.1 Å². The van der Waals surface area contributed by atoms with Gasteiger partial charge in [0.15, 0.2) is 6.23 Å². The highest BCUT2D eigenvalue weighted by molar-refractivity contribution is 7.89. The summed E-state index contributed by atoms with van der Waals surface area (Å²) in [7, 11) is -2.58. The monoisotopic (exact) mass is 242 g/mol. The van der Waals surface area contributed by atoms with Crippen LogP contribution in [0.1, 0.15) is 22.1 Å². The fraction of sp³-hybridized carbons (Fsp3) is 0.222. The summed E-state index contributed by atoms with van der Waals surface area (Å²) in [6, 6.07) is 4.18. The Kier molecular flexibility index (Phi) is 2.26. The van der Waals surface area contributed by atoms with E-state index in [4.69, 9.17) is 5.14 Å². The maximum absolute atomic E-state index is 11.7. The highest BCUT2D eigenvalue weighted by atomic mass is 32.2. The Labute approximate surface area is 92.3 Å². The molecule has 16 heavy (non-hydrogen) atoms. The molecule has 0 aliphatic carbocycles. The molecule has 7 heteroatoms. The predicted molar refractivity (Wildman–Crippen MR) is 54.9 cm³/mol. The SMILES string of the molecule is CN1C(=O)c2c(cccc2S(N)(=O)=O)C1O. The van der Waals surface area contributed by atoms with Crippen molar-refractivity contribution in [1.29, 1.82) is 0 Å². The third kappa shape index (κ3) is 1.41. The van der Waals surface area contributed by atoms with Crippen LogP contribution in [0.25, 0.3) is 0 Å². The normalized spacial score (nSPS) is 20.1. The van der Waals surface area contributed by atoms with Crippen LogP contribution in [0.2, 0.25) is 0 Å². The van der Waals surface area contributed by atoms with Crippen molar-refractivity contribution in [3.05, 3.63) is 29.3 Å². The van der Waals surface area contributed by atoms with Gasteiger partial charge in [-0.25, -0.2) is 13.6 Å². The van der Waals surface area contributed by atoms with Crippen LogP contribution < -0.4 is 5.14 Å². The highest BCUT2D eigenvalue weighted by Gasteiger charge is 2.36. The Morgan fingerprint density at radius 1 is 1.44 bits per heavy atom. The molecular weight excluding hydrogens is 232 g/mol. The quantitative estimate of drug-likeness (QED) is 0.687. The summed E-state index contributed by atoms with van der Waals surface area (Å²) in [5, 5.41) is 14.7. The molecule has 1 aliphatic heterocycles. The van der Waals surface area contributed by atoms with Gasteiger partial charge in [-0.05, 0) is 6.07 Å².